The number of rotatable bonds is 9. The Morgan fingerprint density at radius 3 is 2.65 bits per heavy atom. The highest BCUT2D eigenvalue weighted by Crippen LogP contribution is 2.35. The van der Waals surface area contributed by atoms with E-state index < -0.39 is 28.0 Å². The average molecular weight is 527 g/mol. The van der Waals surface area contributed by atoms with Crippen LogP contribution < -0.4 is 14.4 Å². The number of esters is 1. The molecule has 2 aromatic rings. The van der Waals surface area contributed by atoms with Crippen LogP contribution in [0, 0.1) is 0 Å². The Bertz CT molecular complexity index is 1290. The molecule has 1 atom stereocenters. The van der Waals surface area contributed by atoms with Crippen molar-refractivity contribution >= 4 is 27.6 Å². The van der Waals surface area contributed by atoms with Crippen LogP contribution >= 0.6 is 0 Å². The largest absolute Gasteiger partial charge is 0.495 e. The predicted octanol–water partition coefficient (Wildman–Crippen LogP) is 4.39. The zero-order chi connectivity index (χ0) is 26.4. The van der Waals surface area contributed by atoms with Crippen LogP contribution in [-0.4, -0.2) is 46.6 Å². The molecule has 1 amide bonds. The molecule has 1 N–H and O–H groups in total. The van der Waals surface area contributed by atoms with Gasteiger partial charge in [-0.15, -0.1) is 0 Å². The highest BCUT2D eigenvalue weighted by atomic mass is 32.2. The van der Waals surface area contributed by atoms with Gasteiger partial charge in [-0.25, -0.2) is 13.2 Å². The predicted molar refractivity (Wildman–Crippen MR) is 141 cm³/mol. The van der Waals surface area contributed by atoms with E-state index in [1.165, 1.54) is 55.0 Å². The number of fused-ring (bicyclic) bond motifs is 1. The summed E-state index contributed by atoms with van der Waals surface area (Å²) in [5.74, 6) is -1.05. The van der Waals surface area contributed by atoms with Gasteiger partial charge in [0.2, 0.25) is 0 Å². The standard InChI is InChI=1S/C28H34N2O6S/c1-20(27(31)29-17-16-21-9-4-3-5-10-21)36-28(32)23-14-15-25(35-2)26(19-23)37(33,34)30-18-8-12-22-11-6-7-13-24(22)30/h6-7,9,11,13-15,19-20H,3-5,8,10,12,16-18H2,1-2H3,(H,29,31). The van der Waals surface area contributed by atoms with Crippen molar-refractivity contribution < 1.29 is 27.5 Å². The van der Waals surface area contributed by atoms with E-state index in [0.29, 0.717) is 25.2 Å². The van der Waals surface area contributed by atoms with Gasteiger partial charge in [0.25, 0.3) is 15.9 Å². The summed E-state index contributed by atoms with van der Waals surface area (Å²) in [6.07, 6.45) is 8.01. The Balaban J connectivity index is 1.47. The SMILES string of the molecule is COc1ccc(C(=O)OC(C)C(=O)NCCC2=CCCCC2)cc1S(=O)(=O)N1CCCc2ccccc21. The number of anilines is 1. The molecule has 2 aliphatic rings. The molecule has 0 aromatic heterocycles. The summed E-state index contributed by atoms with van der Waals surface area (Å²) in [6, 6.07) is 11.5. The summed E-state index contributed by atoms with van der Waals surface area (Å²) in [4.78, 5) is 25.2. The van der Waals surface area contributed by atoms with Crippen molar-refractivity contribution in [2.45, 2.75) is 62.9 Å². The number of carbonyl (C=O) groups is 2. The first kappa shape index (κ1) is 26.7. The zero-order valence-corrected chi connectivity index (χ0v) is 22.2. The number of hydrogen-bond acceptors (Lipinski definition) is 6. The summed E-state index contributed by atoms with van der Waals surface area (Å²) in [5, 5.41) is 2.81. The summed E-state index contributed by atoms with van der Waals surface area (Å²) < 4.78 is 39.5. The van der Waals surface area contributed by atoms with Crippen LogP contribution in [0.3, 0.4) is 0 Å². The zero-order valence-electron chi connectivity index (χ0n) is 21.4. The molecule has 198 valence electrons. The molecule has 1 heterocycles. The van der Waals surface area contributed by atoms with Crippen LogP contribution in [0.4, 0.5) is 5.69 Å². The third-order valence-electron chi connectivity index (χ3n) is 6.82. The van der Waals surface area contributed by atoms with Crippen molar-refractivity contribution in [1.29, 1.82) is 0 Å². The Hall–Kier alpha value is -3.33. The second-order valence-electron chi connectivity index (χ2n) is 9.37. The number of ether oxygens (including phenoxy) is 2. The summed E-state index contributed by atoms with van der Waals surface area (Å²) >= 11 is 0. The van der Waals surface area contributed by atoms with Gasteiger partial charge >= 0.3 is 5.97 Å². The van der Waals surface area contributed by atoms with Crippen molar-refractivity contribution in [1.82, 2.24) is 5.32 Å². The van der Waals surface area contributed by atoms with Crippen molar-refractivity contribution in [3.05, 3.63) is 65.2 Å². The minimum absolute atomic E-state index is 0.0247. The highest BCUT2D eigenvalue weighted by Gasteiger charge is 2.32. The van der Waals surface area contributed by atoms with E-state index in [1.807, 2.05) is 12.1 Å². The van der Waals surface area contributed by atoms with Crippen LogP contribution in [0.1, 0.15) is 61.4 Å². The minimum atomic E-state index is -4.03. The summed E-state index contributed by atoms with van der Waals surface area (Å²) in [6.45, 7) is 2.30. The second kappa shape index (κ2) is 11.8. The van der Waals surface area contributed by atoms with E-state index in [-0.39, 0.29) is 16.2 Å². The normalized spacial score (nSPS) is 16.3. The van der Waals surface area contributed by atoms with Crippen molar-refractivity contribution in [3.63, 3.8) is 0 Å². The number of amides is 1. The number of methoxy groups -OCH3 is 1. The van der Waals surface area contributed by atoms with Crippen molar-refractivity contribution in [3.8, 4) is 5.75 Å². The Morgan fingerprint density at radius 2 is 1.89 bits per heavy atom. The van der Waals surface area contributed by atoms with Gasteiger partial charge in [0.05, 0.1) is 18.4 Å². The molecule has 4 rings (SSSR count). The molecule has 1 unspecified atom stereocenters. The Labute approximate surface area is 218 Å². The van der Waals surface area contributed by atoms with Gasteiger partial charge in [-0.2, -0.15) is 0 Å². The molecule has 1 aliphatic carbocycles. The fourth-order valence-corrected chi connectivity index (χ4v) is 6.50. The number of para-hydroxylation sites is 1. The third kappa shape index (κ3) is 6.15. The molecule has 1 aliphatic heterocycles. The van der Waals surface area contributed by atoms with E-state index in [2.05, 4.69) is 11.4 Å². The Morgan fingerprint density at radius 1 is 1.08 bits per heavy atom. The molecule has 0 fully saturated rings. The molecule has 9 heteroatoms. The number of sulfonamides is 1. The number of allylic oxidation sites excluding steroid dienone is 1. The molecule has 0 spiro atoms. The molecular formula is C28H34N2O6S. The molecule has 0 bridgehead atoms. The molecule has 0 radical (unpaired) electrons. The fourth-order valence-electron chi connectivity index (χ4n) is 4.78. The maximum Gasteiger partial charge on any atom is 0.338 e. The van der Waals surface area contributed by atoms with Crippen LogP contribution in [-0.2, 0) is 26.0 Å². The van der Waals surface area contributed by atoms with Gasteiger partial charge in [0.15, 0.2) is 6.10 Å². The van der Waals surface area contributed by atoms with E-state index in [1.54, 1.807) is 12.1 Å². The van der Waals surface area contributed by atoms with Gasteiger partial charge < -0.3 is 14.8 Å². The third-order valence-corrected chi connectivity index (χ3v) is 8.65. The Kier molecular flexibility index (Phi) is 8.53. The maximum atomic E-state index is 13.7. The van der Waals surface area contributed by atoms with Crippen LogP contribution in [0.5, 0.6) is 5.75 Å². The van der Waals surface area contributed by atoms with Crippen LogP contribution in [0.25, 0.3) is 0 Å². The van der Waals surface area contributed by atoms with Crippen LogP contribution in [0.15, 0.2) is 59.0 Å². The monoisotopic (exact) mass is 526 g/mol. The lowest BCUT2D eigenvalue weighted by Crippen LogP contribution is -2.37. The molecule has 0 saturated heterocycles. The fraction of sp³-hybridized carbons (Fsp3) is 0.429. The molecule has 0 saturated carbocycles. The van der Waals surface area contributed by atoms with Gasteiger partial charge in [-0.3, -0.25) is 9.10 Å². The van der Waals surface area contributed by atoms with Gasteiger partial charge in [0, 0.05) is 13.1 Å². The van der Waals surface area contributed by atoms with E-state index in [9.17, 15) is 18.0 Å². The van der Waals surface area contributed by atoms with E-state index in [0.717, 1.165) is 31.2 Å². The van der Waals surface area contributed by atoms with Crippen LogP contribution in [0.2, 0.25) is 0 Å². The quantitative estimate of drug-likeness (QED) is 0.384. The molecule has 8 nitrogen and oxygen atoms in total. The van der Waals surface area contributed by atoms with Gasteiger partial charge in [-0.1, -0.05) is 29.8 Å². The first-order chi connectivity index (χ1) is 17.8. The van der Waals surface area contributed by atoms with Gasteiger partial charge in [0.1, 0.15) is 10.6 Å². The number of nitrogens with one attached hydrogen (secondary N) is 1. The number of benzene rings is 2. The highest BCUT2D eigenvalue weighted by molar-refractivity contribution is 7.93. The van der Waals surface area contributed by atoms with E-state index >= 15 is 0 Å². The maximum absolute atomic E-state index is 13.7. The lowest BCUT2D eigenvalue weighted by atomic mass is 9.97. The van der Waals surface area contributed by atoms with E-state index in [4.69, 9.17) is 9.47 Å². The lowest BCUT2D eigenvalue weighted by Gasteiger charge is -2.31. The topological polar surface area (TPSA) is 102 Å². The smallest absolute Gasteiger partial charge is 0.338 e. The van der Waals surface area contributed by atoms with Crippen molar-refractivity contribution in [2.24, 2.45) is 0 Å². The minimum Gasteiger partial charge on any atom is -0.495 e. The molecule has 2 aromatic carbocycles. The van der Waals surface area contributed by atoms with Gasteiger partial charge in [-0.05, 0) is 81.7 Å². The summed E-state index contributed by atoms with van der Waals surface area (Å²) in [7, 11) is -2.64. The number of hydrogen-bond donors (Lipinski definition) is 1. The molecule has 37 heavy (non-hydrogen) atoms. The summed E-state index contributed by atoms with van der Waals surface area (Å²) in [5.41, 5.74) is 2.95. The lowest BCUT2D eigenvalue weighted by molar-refractivity contribution is -0.129. The number of nitrogens with zero attached hydrogens (tertiary/aromatic N) is 1. The first-order valence-corrected chi connectivity index (χ1v) is 14.2. The number of aryl methyl sites for hydroxylation is 1. The average Bonchev–Trinajstić information content (AvgIpc) is 2.92. The molecular weight excluding hydrogens is 492 g/mol. The number of carbonyl (C=O) groups excluding carboxylic acids is 2. The van der Waals surface area contributed by atoms with Crippen molar-refractivity contribution in [2.75, 3.05) is 24.5 Å². The first-order valence-electron chi connectivity index (χ1n) is 12.8. The second-order valence-corrected chi connectivity index (χ2v) is 11.2.